The maximum absolute atomic E-state index is 11.9. The molecule has 1 aromatic rings. The van der Waals surface area contributed by atoms with Crippen molar-refractivity contribution in [2.24, 2.45) is 5.92 Å². The maximum Gasteiger partial charge on any atom is 0.335 e. The molecule has 1 aromatic carbocycles. The van der Waals surface area contributed by atoms with Gasteiger partial charge in [-0.15, -0.1) is 0 Å². The van der Waals surface area contributed by atoms with Gasteiger partial charge in [-0.05, 0) is 50.0 Å². The molecule has 0 saturated carbocycles. The highest BCUT2D eigenvalue weighted by atomic mass is 16.4. The van der Waals surface area contributed by atoms with Crippen LogP contribution in [0, 0.1) is 5.92 Å². The number of carbonyl (C=O) groups excluding carboxylic acids is 1. The molecule has 2 rings (SSSR count). The second-order valence-corrected chi connectivity index (χ2v) is 4.98. The van der Waals surface area contributed by atoms with E-state index < -0.39 is 5.97 Å². The Morgan fingerprint density at radius 2 is 2.00 bits per heavy atom. The number of rotatable bonds is 4. The van der Waals surface area contributed by atoms with E-state index in [0.717, 1.165) is 25.9 Å². The van der Waals surface area contributed by atoms with Gasteiger partial charge in [0.15, 0.2) is 0 Å². The van der Waals surface area contributed by atoms with Crippen molar-refractivity contribution in [1.82, 2.24) is 5.32 Å². The predicted molar refractivity (Wildman–Crippen MR) is 73.9 cm³/mol. The molecular weight excluding hydrogens is 260 g/mol. The number of carboxylic acid groups (broad SMARTS) is 1. The molecule has 0 radical (unpaired) electrons. The largest absolute Gasteiger partial charge is 0.506 e. The summed E-state index contributed by atoms with van der Waals surface area (Å²) in [5.41, 5.74) is 0.170. The summed E-state index contributed by atoms with van der Waals surface area (Å²) in [5.74, 6) is -1.09. The monoisotopic (exact) mass is 278 g/mol. The number of aromatic hydroxyl groups is 1. The van der Waals surface area contributed by atoms with Crippen LogP contribution in [0.15, 0.2) is 18.2 Å². The molecule has 6 heteroatoms. The van der Waals surface area contributed by atoms with Crippen LogP contribution in [-0.2, 0) is 4.79 Å². The van der Waals surface area contributed by atoms with Crippen LogP contribution >= 0.6 is 0 Å². The van der Waals surface area contributed by atoms with Gasteiger partial charge >= 0.3 is 5.97 Å². The highest BCUT2D eigenvalue weighted by Gasteiger charge is 2.18. The van der Waals surface area contributed by atoms with E-state index in [4.69, 9.17) is 5.11 Å². The Labute approximate surface area is 116 Å². The van der Waals surface area contributed by atoms with E-state index in [1.807, 2.05) is 0 Å². The fourth-order valence-electron chi connectivity index (χ4n) is 2.32. The molecule has 0 unspecified atom stereocenters. The van der Waals surface area contributed by atoms with E-state index >= 15 is 0 Å². The second-order valence-electron chi connectivity index (χ2n) is 4.98. The molecule has 1 aliphatic rings. The number of phenols is 1. The minimum atomic E-state index is -1.10. The first-order valence-electron chi connectivity index (χ1n) is 6.63. The SMILES string of the molecule is O=C(CC1CCNCC1)Nc1cc(C(=O)O)ccc1O. The maximum atomic E-state index is 11.9. The van der Waals surface area contributed by atoms with Crippen LogP contribution in [0.1, 0.15) is 29.6 Å². The minimum Gasteiger partial charge on any atom is -0.506 e. The van der Waals surface area contributed by atoms with Crippen molar-refractivity contribution in [3.63, 3.8) is 0 Å². The first-order valence-corrected chi connectivity index (χ1v) is 6.63. The number of carboxylic acids is 1. The van der Waals surface area contributed by atoms with Gasteiger partial charge in [0.25, 0.3) is 0 Å². The molecule has 4 N–H and O–H groups in total. The van der Waals surface area contributed by atoms with Crippen molar-refractivity contribution in [3.05, 3.63) is 23.8 Å². The topological polar surface area (TPSA) is 98.7 Å². The minimum absolute atomic E-state index is 0.0277. The van der Waals surface area contributed by atoms with Crippen LogP contribution in [0.5, 0.6) is 5.75 Å². The summed E-state index contributed by atoms with van der Waals surface area (Å²) in [5, 5.41) is 24.4. The average Bonchev–Trinajstić information content (AvgIpc) is 2.42. The third kappa shape index (κ3) is 3.71. The quantitative estimate of drug-likeness (QED) is 0.624. The third-order valence-electron chi connectivity index (χ3n) is 3.45. The molecule has 20 heavy (non-hydrogen) atoms. The van der Waals surface area contributed by atoms with Crippen LogP contribution in [0.4, 0.5) is 5.69 Å². The van der Waals surface area contributed by atoms with Gasteiger partial charge in [0.2, 0.25) is 5.91 Å². The summed E-state index contributed by atoms with van der Waals surface area (Å²) in [6, 6.07) is 3.82. The van der Waals surface area contributed by atoms with E-state index in [1.54, 1.807) is 0 Å². The molecule has 0 bridgehead atoms. The highest BCUT2D eigenvalue weighted by Crippen LogP contribution is 2.25. The van der Waals surface area contributed by atoms with Crippen LogP contribution in [-0.4, -0.2) is 35.2 Å². The number of carbonyl (C=O) groups is 2. The van der Waals surface area contributed by atoms with Gasteiger partial charge in [-0.1, -0.05) is 0 Å². The lowest BCUT2D eigenvalue weighted by Gasteiger charge is -2.22. The van der Waals surface area contributed by atoms with Gasteiger partial charge in [0.05, 0.1) is 11.3 Å². The highest BCUT2D eigenvalue weighted by molar-refractivity contribution is 5.95. The van der Waals surface area contributed by atoms with E-state index in [0.29, 0.717) is 12.3 Å². The molecule has 0 aromatic heterocycles. The Kier molecular flexibility index (Phi) is 4.57. The number of hydrogen-bond acceptors (Lipinski definition) is 4. The number of nitrogens with one attached hydrogen (secondary N) is 2. The number of anilines is 1. The smallest absolute Gasteiger partial charge is 0.335 e. The normalized spacial score (nSPS) is 15.8. The predicted octanol–water partition coefficient (Wildman–Crippen LogP) is 1.42. The second kappa shape index (κ2) is 6.38. The lowest BCUT2D eigenvalue weighted by molar-refractivity contribution is -0.117. The van der Waals surface area contributed by atoms with Crippen molar-refractivity contribution in [1.29, 1.82) is 0 Å². The molecule has 0 atom stereocenters. The van der Waals surface area contributed by atoms with Gasteiger partial charge in [-0.25, -0.2) is 4.79 Å². The zero-order chi connectivity index (χ0) is 14.5. The average molecular weight is 278 g/mol. The molecule has 1 saturated heterocycles. The summed E-state index contributed by atoms with van der Waals surface area (Å²) in [6.45, 7) is 1.83. The van der Waals surface area contributed by atoms with Crippen LogP contribution in [0.2, 0.25) is 0 Å². The van der Waals surface area contributed by atoms with E-state index in [9.17, 15) is 14.7 Å². The Balaban J connectivity index is 1.99. The lowest BCUT2D eigenvalue weighted by Crippen LogP contribution is -2.30. The lowest BCUT2D eigenvalue weighted by atomic mass is 9.94. The van der Waals surface area contributed by atoms with Gasteiger partial charge in [0.1, 0.15) is 5.75 Å². The van der Waals surface area contributed by atoms with Crippen LogP contribution in [0.3, 0.4) is 0 Å². The number of benzene rings is 1. The summed E-state index contributed by atoms with van der Waals surface area (Å²) in [4.78, 5) is 22.8. The Hall–Kier alpha value is -2.08. The van der Waals surface area contributed by atoms with Crippen molar-refractivity contribution < 1.29 is 19.8 Å². The van der Waals surface area contributed by atoms with E-state index in [2.05, 4.69) is 10.6 Å². The molecule has 1 fully saturated rings. The summed E-state index contributed by atoms with van der Waals surface area (Å²) in [7, 11) is 0. The summed E-state index contributed by atoms with van der Waals surface area (Å²) in [6.07, 6.45) is 2.29. The number of phenolic OH excluding ortho intramolecular Hbond substituents is 1. The Morgan fingerprint density at radius 1 is 1.30 bits per heavy atom. The first kappa shape index (κ1) is 14.3. The van der Waals surface area contributed by atoms with Crippen molar-refractivity contribution in [2.75, 3.05) is 18.4 Å². The fourth-order valence-corrected chi connectivity index (χ4v) is 2.32. The zero-order valence-electron chi connectivity index (χ0n) is 11.1. The number of hydrogen-bond donors (Lipinski definition) is 4. The van der Waals surface area contributed by atoms with Crippen LogP contribution < -0.4 is 10.6 Å². The fraction of sp³-hybridized carbons (Fsp3) is 0.429. The molecule has 1 amide bonds. The summed E-state index contributed by atoms with van der Waals surface area (Å²) < 4.78 is 0. The molecular formula is C14H18N2O4. The number of amides is 1. The van der Waals surface area contributed by atoms with E-state index in [-0.39, 0.29) is 22.9 Å². The Morgan fingerprint density at radius 3 is 2.65 bits per heavy atom. The van der Waals surface area contributed by atoms with Gasteiger partial charge in [0, 0.05) is 6.42 Å². The molecule has 0 spiro atoms. The van der Waals surface area contributed by atoms with Gasteiger partial charge in [-0.2, -0.15) is 0 Å². The van der Waals surface area contributed by atoms with Crippen LogP contribution in [0.25, 0.3) is 0 Å². The molecule has 0 aliphatic carbocycles. The van der Waals surface area contributed by atoms with E-state index in [1.165, 1.54) is 18.2 Å². The zero-order valence-corrected chi connectivity index (χ0v) is 11.1. The Bertz CT molecular complexity index is 510. The molecule has 6 nitrogen and oxygen atoms in total. The van der Waals surface area contributed by atoms with Crippen molar-refractivity contribution in [2.45, 2.75) is 19.3 Å². The number of piperidine rings is 1. The third-order valence-corrected chi connectivity index (χ3v) is 3.45. The van der Waals surface area contributed by atoms with Gasteiger partial charge < -0.3 is 20.8 Å². The summed E-state index contributed by atoms with van der Waals surface area (Å²) >= 11 is 0. The van der Waals surface area contributed by atoms with Crippen molar-refractivity contribution in [3.8, 4) is 5.75 Å². The standard InChI is InChI=1S/C14H18N2O4/c17-12-2-1-10(14(19)20)8-11(12)16-13(18)7-9-3-5-15-6-4-9/h1-2,8-9,15,17H,3-7H2,(H,16,18)(H,19,20). The van der Waals surface area contributed by atoms with Gasteiger partial charge in [-0.3, -0.25) is 4.79 Å². The molecule has 1 heterocycles. The number of aromatic carboxylic acids is 1. The van der Waals surface area contributed by atoms with Crippen molar-refractivity contribution >= 4 is 17.6 Å². The molecule has 1 aliphatic heterocycles. The molecule has 108 valence electrons. The first-order chi connectivity index (χ1) is 9.56.